The number of aliphatic hydroxyl groups is 1. The van der Waals surface area contributed by atoms with Crippen molar-refractivity contribution in [2.75, 3.05) is 13.1 Å². The molecular formula is C25H29FN4O3. The smallest absolute Gasteiger partial charge is 0.251 e. The lowest BCUT2D eigenvalue weighted by atomic mass is 9.68. The van der Waals surface area contributed by atoms with Crippen molar-refractivity contribution in [3.63, 3.8) is 0 Å². The Bertz CT molecular complexity index is 1090. The van der Waals surface area contributed by atoms with Crippen molar-refractivity contribution in [1.82, 2.24) is 15.2 Å². The molecule has 8 heteroatoms. The van der Waals surface area contributed by atoms with E-state index in [9.17, 15) is 19.1 Å². The average Bonchev–Trinajstić information content (AvgIpc) is 2.75. The quantitative estimate of drug-likeness (QED) is 0.676. The minimum atomic E-state index is -1.46. The highest BCUT2D eigenvalue weighted by molar-refractivity contribution is 5.95. The number of nitrogens with zero attached hydrogens (tertiary/aromatic N) is 3. The zero-order valence-electron chi connectivity index (χ0n) is 19.4. The molecule has 1 aromatic heterocycles. The Morgan fingerprint density at radius 3 is 2.55 bits per heavy atom. The van der Waals surface area contributed by atoms with Crippen molar-refractivity contribution in [3.05, 3.63) is 71.1 Å². The highest BCUT2D eigenvalue weighted by Gasteiger charge is 2.51. The van der Waals surface area contributed by atoms with Crippen molar-refractivity contribution in [2.45, 2.75) is 51.7 Å². The largest absolute Gasteiger partial charge is 0.383 e. The minimum absolute atomic E-state index is 0.0899. The molecule has 0 spiro atoms. The number of halogens is 1. The molecule has 0 saturated carbocycles. The maximum Gasteiger partial charge on any atom is 0.251 e. The number of rotatable bonds is 5. The number of pyridine rings is 1. The Morgan fingerprint density at radius 1 is 1.30 bits per heavy atom. The van der Waals surface area contributed by atoms with Gasteiger partial charge in [-0.1, -0.05) is 32.0 Å². The molecule has 1 aromatic carbocycles. The SMILES string of the molecule is [C-]#[N+]c1cnc(C2(O)CCN(C(=O)CC(C)(C)NC(=O)c3ccccc3)CC2(C)C)cc1F. The van der Waals surface area contributed by atoms with Crippen LogP contribution in [0.1, 0.15) is 56.6 Å². The molecule has 2 amide bonds. The number of carbonyl (C=O) groups is 2. The van der Waals surface area contributed by atoms with E-state index in [0.717, 1.165) is 12.3 Å². The average molecular weight is 453 g/mol. The summed E-state index contributed by atoms with van der Waals surface area (Å²) in [4.78, 5) is 34.5. The molecule has 0 aliphatic carbocycles. The Balaban J connectivity index is 1.70. The van der Waals surface area contributed by atoms with E-state index in [-0.39, 0.29) is 49.1 Å². The highest BCUT2D eigenvalue weighted by atomic mass is 19.1. The van der Waals surface area contributed by atoms with Crippen LogP contribution in [-0.2, 0) is 10.4 Å². The van der Waals surface area contributed by atoms with E-state index in [1.165, 1.54) is 0 Å². The van der Waals surface area contributed by atoms with Gasteiger partial charge in [0.2, 0.25) is 11.6 Å². The summed E-state index contributed by atoms with van der Waals surface area (Å²) in [5, 5.41) is 14.3. The number of likely N-dealkylation sites (tertiary alicyclic amines) is 1. The Kier molecular flexibility index (Phi) is 6.57. The molecule has 1 saturated heterocycles. The van der Waals surface area contributed by atoms with Crippen LogP contribution >= 0.6 is 0 Å². The van der Waals surface area contributed by atoms with Crippen LogP contribution in [0.2, 0.25) is 0 Å². The first kappa shape index (κ1) is 24.3. The predicted molar refractivity (Wildman–Crippen MR) is 122 cm³/mol. The third-order valence-corrected chi connectivity index (χ3v) is 6.26. The van der Waals surface area contributed by atoms with Crippen molar-refractivity contribution in [3.8, 4) is 0 Å². The van der Waals surface area contributed by atoms with Crippen LogP contribution in [-0.4, -0.2) is 45.4 Å². The zero-order valence-corrected chi connectivity index (χ0v) is 19.4. The maximum absolute atomic E-state index is 14.2. The number of hydrogen-bond acceptors (Lipinski definition) is 4. The molecule has 174 valence electrons. The highest BCUT2D eigenvalue weighted by Crippen LogP contribution is 2.46. The van der Waals surface area contributed by atoms with Crippen molar-refractivity contribution < 1.29 is 19.1 Å². The minimum Gasteiger partial charge on any atom is -0.383 e. The van der Waals surface area contributed by atoms with Gasteiger partial charge in [0.05, 0.1) is 12.3 Å². The molecule has 0 radical (unpaired) electrons. The summed E-state index contributed by atoms with van der Waals surface area (Å²) in [6.07, 6.45) is 1.39. The van der Waals surface area contributed by atoms with Crippen LogP contribution < -0.4 is 5.32 Å². The second-order valence-electron chi connectivity index (χ2n) is 9.82. The Labute approximate surface area is 193 Å². The summed E-state index contributed by atoms with van der Waals surface area (Å²) in [5.74, 6) is -1.13. The molecule has 1 aliphatic rings. The van der Waals surface area contributed by atoms with Crippen LogP contribution in [0.15, 0.2) is 42.6 Å². The van der Waals surface area contributed by atoms with Gasteiger partial charge in [0.1, 0.15) is 11.4 Å². The van der Waals surface area contributed by atoms with E-state index in [4.69, 9.17) is 6.57 Å². The normalized spacial score (nSPS) is 20.1. The number of benzene rings is 1. The van der Waals surface area contributed by atoms with Crippen LogP contribution in [0.25, 0.3) is 4.85 Å². The number of amides is 2. The van der Waals surface area contributed by atoms with Gasteiger partial charge in [-0.15, -0.1) is 0 Å². The lowest BCUT2D eigenvalue weighted by molar-refractivity contribution is -0.155. The second-order valence-corrected chi connectivity index (χ2v) is 9.82. The van der Waals surface area contributed by atoms with Gasteiger partial charge in [-0.05, 0) is 32.0 Å². The summed E-state index contributed by atoms with van der Waals surface area (Å²) in [7, 11) is 0. The van der Waals surface area contributed by atoms with Crippen molar-refractivity contribution in [2.24, 2.45) is 5.41 Å². The summed E-state index contributed by atoms with van der Waals surface area (Å²) < 4.78 is 14.2. The number of piperidine rings is 1. The Hall–Kier alpha value is -3.31. The van der Waals surface area contributed by atoms with Gasteiger partial charge in [-0.2, -0.15) is 0 Å². The second kappa shape index (κ2) is 8.91. The number of aromatic nitrogens is 1. The molecule has 1 atom stereocenters. The first-order valence-electron chi connectivity index (χ1n) is 10.8. The van der Waals surface area contributed by atoms with Crippen molar-refractivity contribution >= 4 is 17.5 Å². The standard InChI is InChI=1S/C25H29FN4O3/c1-23(2)16-30(12-11-25(23,33)20-13-18(26)19(27-5)15-28-20)21(31)14-24(3,4)29-22(32)17-9-7-6-8-10-17/h6-10,13,15,33H,11-12,14,16H2,1-4H3,(H,29,32). The van der Waals surface area contributed by atoms with Gasteiger partial charge < -0.3 is 15.3 Å². The summed E-state index contributed by atoms with van der Waals surface area (Å²) >= 11 is 0. The van der Waals surface area contributed by atoms with Gasteiger partial charge >= 0.3 is 0 Å². The molecule has 0 bridgehead atoms. The molecule has 2 aromatic rings. The van der Waals surface area contributed by atoms with E-state index >= 15 is 0 Å². The van der Waals surface area contributed by atoms with Crippen LogP contribution in [0.5, 0.6) is 0 Å². The first-order chi connectivity index (χ1) is 15.4. The first-order valence-corrected chi connectivity index (χ1v) is 10.8. The third kappa shape index (κ3) is 5.04. The Morgan fingerprint density at radius 2 is 1.97 bits per heavy atom. The fraction of sp³-hybridized carbons (Fsp3) is 0.440. The maximum atomic E-state index is 14.2. The molecule has 1 fully saturated rings. The number of hydrogen-bond donors (Lipinski definition) is 2. The van der Waals surface area contributed by atoms with Crippen molar-refractivity contribution in [1.29, 1.82) is 0 Å². The number of nitrogens with one attached hydrogen (secondary N) is 1. The summed E-state index contributed by atoms with van der Waals surface area (Å²) in [6.45, 7) is 14.7. The van der Waals surface area contributed by atoms with Gasteiger partial charge in [0, 0.05) is 48.6 Å². The lowest BCUT2D eigenvalue weighted by Gasteiger charge is -2.50. The summed E-state index contributed by atoms with van der Waals surface area (Å²) in [5.41, 5.74) is -2.58. The van der Waals surface area contributed by atoms with E-state index in [0.29, 0.717) is 5.56 Å². The van der Waals surface area contributed by atoms with Gasteiger partial charge in [-0.3, -0.25) is 14.6 Å². The van der Waals surface area contributed by atoms with E-state index < -0.39 is 22.4 Å². The van der Waals surface area contributed by atoms with Gasteiger partial charge in [0.25, 0.3) is 5.91 Å². The molecule has 2 N–H and O–H groups in total. The van der Waals surface area contributed by atoms with E-state index in [2.05, 4.69) is 15.1 Å². The van der Waals surface area contributed by atoms with Crippen LogP contribution in [0.3, 0.4) is 0 Å². The summed E-state index contributed by atoms with van der Waals surface area (Å²) in [6, 6.07) is 9.91. The van der Waals surface area contributed by atoms with E-state index in [1.807, 2.05) is 6.07 Å². The van der Waals surface area contributed by atoms with E-state index in [1.54, 1.807) is 56.9 Å². The van der Waals surface area contributed by atoms with Crippen LogP contribution in [0, 0.1) is 17.8 Å². The fourth-order valence-electron chi connectivity index (χ4n) is 4.24. The molecule has 1 unspecified atom stereocenters. The zero-order chi connectivity index (χ0) is 24.4. The predicted octanol–water partition coefficient (Wildman–Crippen LogP) is 3.82. The molecule has 1 aliphatic heterocycles. The molecule has 33 heavy (non-hydrogen) atoms. The molecule has 3 rings (SSSR count). The van der Waals surface area contributed by atoms with Gasteiger partial charge in [-0.25, -0.2) is 9.24 Å². The number of carbonyl (C=O) groups excluding carboxylic acids is 2. The van der Waals surface area contributed by atoms with Crippen LogP contribution in [0.4, 0.5) is 10.1 Å². The molecular weight excluding hydrogens is 423 g/mol. The third-order valence-electron chi connectivity index (χ3n) is 6.26. The fourth-order valence-corrected chi connectivity index (χ4v) is 4.24. The lowest BCUT2D eigenvalue weighted by Crippen LogP contribution is -2.58. The molecule has 7 nitrogen and oxygen atoms in total. The monoisotopic (exact) mass is 452 g/mol. The molecule has 2 heterocycles. The van der Waals surface area contributed by atoms with Gasteiger partial charge in [0.15, 0.2) is 0 Å². The topological polar surface area (TPSA) is 86.9 Å².